The molecule has 0 aromatic heterocycles. The summed E-state index contributed by atoms with van der Waals surface area (Å²) >= 11 is 0. The third kappa shape index (κ3) is 3.23. The number of benzene rings is 3. The van der Waals surface area contributed by atoms with Gasteiger partial charge in [-0.15, -0.1) is 0 Å². The Balaban J connectivity index is 1.90. The third-order valence-corrected chi connectivity index (χ3v) is 4.35. The van der Waals surface area contributed by atoms with Gasteiger partial charge in [0.15, 0.2) is 6.29 Å². The summed E-state index contributed by atoms with van der Waals surface area (Å²) in [5.74, 6) is 0.878. The van der Waals surface area contributed by atoms with Gasteiger partial charge in [-0.3, -0.25) is 4.79 Å². The lowest BCUT2D eigenvalue weighted by atomic mass is 9.93. The van der Waals surface area contributed by atoms with Crippen molar-refractivity contribution in [2.24, 2.45) is 0 Å². The van der Waals surface area contributed by atoms with Crippen LogP contribution in [-0.2, 0) is 6.61 Å². The van der Waals surface area contributed by atoms with E-state index in [4.69, 9.17) is 4.74 Å². The molecule has 0 saturated carbocycles. The fourth-order valence-corrected chi connectivity index (χ4v) is 2.82. The van der Waals surface area contributed by atoms with Crippen LogP contribution >= 0.6 is 0 Å². The summed E-state index contributed by atoms with van der Waals surface area (Å²) in [6, 6.07) is 21.8. The van der Waals surface area contributed by atoms with Gasteiger partial charge in [-0.25, -0.2) is 0 Å². The fourth-order valence-electron chi connectivity index (χ4n) is 2.82. The molecular formula is C22H20O2. The number of rotatable bonds is 5. The van der Waals surface area contributed by atoms with Gasteiger partial charge in [0.2, 0.25) is 0 Å². The van der Waals surface area contributed by atoms with E-state index < -0.39 is 0 Å². The van der Waals surface area contributed by atoms with Crippen molar-refractivity contribution in [1.82, 2.24) is 0 Å². The number of hydrogen-bond donors (Lipinski definition) is 0. The van der Waals surface area contributed by atoms with Gasteiger partial charge in [-0.05, 0) is 47.7 Å². The van der Waals surface area contributed by atoms with Gasteiger partial charge in [0.05, 0.1) is 0 Å². The number of ether oxygens (including phenoxy) is 1. The summed E-state index contributed by atoms with van der Waals surface area (Å²) in [4.78, 5) is 11.3. The molecule has 24 heavy (non-hydrogen) atoms. The van der Waals surface area contributed by atoms with Gasteiger partial charge in [-0.1, -0.05) is 60.7 Å². The molecule has 0 bridgehead atoms. The van der Waals surface area contributed by atoms with E-state index in [9.17, 15) is 4.79 Å². The van der Waals surface area contributed by atoms with E-state index in [0.717, 1.165) is 39.9 Å². The second-order valence-electron chi connectivity index (χ2n) is 5.84. The van der Waals surface area contributed by atoms with E-state index in [1.165, 1.54) is 0 Å². The maximum absolute atomic E-state index is 11.3. The van der Waals surface area contributed by atoms with Crippen LogP contribution in [0.5, 0.6) is 5.75 Å². The summed E-state index contributed by atoms with van der Waals surface area (Å²) < 4.78 is 5.98. The second kappa shape index (κ2) is 7.14. The highest BCUT2D eigenvalue weighted by Crippen LogP contribution is 2.32. The fraction of sp³-hybridized carbons (Fsp3) is 0.136. The molecule has 0 aliphatic rings. The van der Waals surface area contributed by atoms with Crippen molar-refractivity contribution in [2.75, 3.05) is 0 Å². The number of carbonyl (C=O) groups excluding carboxylic acids is 1. The van der Waals surface area contributed by atoms with Crippen LogP contribution in [0.15, 0.2) is 66.7 Å². The van der Waals surface area contributed by atoms with Crippen LogP contribution < -0.4 is 4.74 Å². The van der Waals surface area contributed by atoms with Gasteiger partial charge < -0.3 is 4.74 Å². The molecule has 120 valence electrons. The highest BCUT2D eigenvalue weighted by Gasteiger charge is 2.11. The lowest BCUT2D eigenvalue weighted by molar-refractivity contribution is 0.112. The molecule has 0 saturated heterocycles. The van der Waals surface area contributed by atoms with Crippen molar-refractivity contribution in [3.05, 3.63) is 89.0 Å². The topological polar surface area (TPSA) is 26.3 Å². The molecule has 3 rings (SSSR count). The van der Waals surface area contributed by atoms with Crippen LogP contribution in [0.3, 0.4) is 0 Å². The molecule has 3 aromatic carbocycles. The minimum atomic E-state index is 0.547. The lowest BCUT2D eigenvalue weighted by Gasteiger charge is -2.15. The van der Waals surface area contributed by atoms with Gasteiger partial charge >= 0.3 is 0 Å². The van der Waals surface area contributed by atoms with E-state index in [0.29, 0.717) is 12.2 Å². The second-order valence-corrected chi connectivity index (χ2v) is 5.84. The molecule has 0 amide bonds. The SMILES string of the molecule is Cc1c(OCc2ccccc2)ccc(-c2ccccc2C=O)c1C. The van der Waals surface area contributed by atoms with E-state index in [1.54, 1.807) is 0 Å². The summed E-state index contributed by atoms with van der Waals surface area (Å²) in [5.41, 5.74) is 6.12. The molecule has 0 radical (unpaired) electrons. The predicted molar refractivity (Wildman–Crippen MR) is 97.5 cm³/mol. The van der Waals surface area contributed by atoms with Crippen molar-refractivity contribution in [1.29, 1.82) is 0 Å². The van der Waals surface area contributed by atoms with Crippen LogP contribution in [0.4, 0.5) is 0 Å². The van der Waals surface area contributed by atoms with Crippen molar-refractivity contribution in [3.63, 3.8) is 0 Å². The van der Waals surface area contributed by atoms with Crippen molar-refractivity contribution in [2.45, 2.75) is 20.5 Å². The Kier molecular flexibility index (Phi) is 4.76. The molecule has 0 heterocycles. The first-order valence-corrected chi connectivity index (χ1v) is 8.02. The Morgan fingerprint density at radius 1 is 0.792 bits per heavy atom. The molecule has 0 atom stereocenters. The first-order valence-electron chi connectivity index (χ1n) is 8.02. The number of aldehydes is 1. The van der Waals surface area contributed by atoms with Crippen LogP contribution in [0.25, 0.3) is 11.1 Å². The zero-order chi connectivity index (χ0) is 16.9. The van der Waals surface area contributed by atoms with Crippen LogP contribution in [0.2, 0.25) is 0 Å². The highest BCUT2D eigenvalue weighted by molar-refractivity contribution is 5.88. The Morgan fingerprint density at radius 2 is 1.50 bits per heavy atom. The summed E-state index contributed by atoms with van der Waals surface area (Å²) in [5, 5.41) is 0. The van der Waals surface area contributed by atoms with E-state index >= 15 is 0 Å². The molecule has 2 heteroatoms. The summed E-state index contributed by atoms with van der Waals surface area (Å²) in [6.45, 7) is 4.68. The zero-order valence-corrected chi connectivity index (χ0v) is 14.0. The third-order valence-electron chi connectivity index (χ3n) is 4.35. The Hall–Kier alpha value is -2.87. The monoisotopic (exact) mass is 316 g/mol. The molecular weight excluding hydrogens is 296 g/mol. The van der Waals surface area contributed by atoms with Gasteiger partial charge in [0, 0.05) is 5.56 Å². The average Bonchev–Trinajstić information content (AvgIpc) is 2.64. The highest BCUT2D eigenvalue weighted by atomic mass is 16.5. The quantitative estimate of drug-likeness (QED) is 0.592. The van der Waals surface area contributed by atoms with Crippen LogP contribution in [0, 0.1) is 13.8 Å². The van der Waals surface area contributed by atoms with Gasteiger partial charge in [-0.2, -0.15) is 0 Å². The van der Waals surface area contributed by atoms with Crippen molar-refractivity contribution >= 4 is 6.29 Å². The molecule has 0 unspecified atom stereocenters. The van der Waals surface area contributed by atoms with E-state index in [-0.39, 0.29) is 0 Å². The van der Waals surface area contributed by atoms with Crippen LogP contribution in [-0.4, -0.2) is 6.29 Å². The Bertz CT molecular complexity index is 851. The zero-order valence-electron chi connectivity index (χ0n) is 14.0. The van der Waals surface area contributed by atoms with Crippen molar-refractivity contribution < 1.29 is 9.53 Å². The molecule has 0 fully saturated rings. The molecule has 0 aliphatic carbocycles. The maximum atomic E-state index is 11.3. The number of hydrogen-bond acceptors (Lipinski definition) is 2. The smallest absolute Gasteiger partial charge is 0.150 e. The van der Waals surface area contributed by atoms with Gasteiger partial charge in [0.25, 0.3) is 0 Å². The summed E-state index contributed by atoms with van der Waals surface area (Å²) in [6.07, 6.45) is 0.907. The Morgan fingerprint density at radius 3 is 2.25 bits per heavy atom. The molecule has 3 aromatic rings. The van der Waals surface area contributed by atoms with E-state index in [2.05, 4.69) is 26.0 Å². The van der Waals surface area contributed by atoms with Gasteiger partial charge in [0.1, 0.15) is 12.4 Å². The number of carbonyl (C=O) groups is 1. The Labute approximate surface area is 142 Å². The minimum Gasteiger partial charge on any atom is -0.489 e. The van der Waals surface area contributed by atoms with E-state index in [1.807, 2.05) is 54.6 Å². The standard InChI is InChI=1S/C22H20O2/c1-16-17(2)22(24-15-18-8-4-3-5-9-18)13-12-20(16)21-11-7-6-10-19(21)14-23/h3-14H,15H2,1-2H3. The van der Waals surface area contributed by atoms with Crippen molar-refractivity contribution in [3.8, 4) is 16.9 Å². The minimum absolute atomic E-state index is 0.547. The largest absolute Gasteiger partial charge is 0.489 e. The maximum Gasteiger partial charge on any atom is 0.150 e. The van der Waals surface area contributed by atoms with Crippen LogP contribution in [0.1, 0.15) is 27.0 Å². The average molecular weight is 316 g/mol. The first-order chi connectivity index (χ1) is 11.7. The lowest BCUT2D eigenvalue weighted by Crippen LogP contribution is -1.99. The molecule has 0 aliphatic heterocycles. The molecule has 2 nitrogen and oxygen atoms in total. The predicted octanol–water partition coefficient (Wildman–Crippen LogP) is 5.36. The first kappa shape index (κ1) is 16.0. The summed E-state index contributed by atoms with van der Waals surface area (Å²) in [7, 11) is 0. The molecule has 0 N–H and O–H groups in total. The molecule has 0 spiro atoms. The normalized spacial score (nSPS) is 10.4.